The highest BCUT2D eigenvalue weighted by Gasteiger charge is 2.24. The van der Waals surface area contributed by atoms with E-state index in [0.717, 1.165) is 37.6 Å². The maximum Gasteiger partial charge on any atom is 0.211 e. The van der Waals surface area contributed by atoms with E-state index >= 15 is 0 Å². The van der Waals surface area contributed by atoms with Crippen LogP contribution in [0.15, 0.2) is 29.4 Å². The summed E-state index contributed by atoms with van der Waals surface area (Å²) < 4.78 is 24.6. The van der Waals surface area contributed by atoms with Gasteiger partial charge in [0.2, 0.25) is 10.0 Å². The number of hydrogen-bond donors (Lipinski definition) is 2. The Balaban J connectivity index is 1.81. The fourth-order valence-electron chi connectivity index (χ4n) is 2.68. The first-order chi connectivity index (χ1) is 11.5. The summed E-state index contributed by atoms with van der Waals surface area (Å²) in [5.41, 5.74) is 0.927. The molecule has 0 aromatic carbocycles. The lowest BCUT2D eigenvalue weighted by Crippen LogP contribution is -2.44. The van der Waals surface area contributed by atoms with Crippen LogP contribution in [0.2, 0.25) is 0 Å². The van der Waals surface area contributed by atoms with Crippen molar-refractivity contribution in [2.45, 2.75) is 26.3 Å². The van der Waals surface area contributed by atoms with Crippen LogP contribution in [-0.2, 0) is 16.6 Å². The number of aliphatic imine (C=N–C) groups is 1. The number of nitrogens with zero attached hydrogens (tertiary/aromatic N) is 3. The Bertz CT molecular complexity index is 625. The normalized spacial score (nSPS) is 17.7. The average Bonchev–Trinajstić information content (AvgIpc) is 2.58. The second-order valence-electron chi connectivity index (χ2n) is 6.00. The van der Waals surface area contributed by atoms with Gasteiger partial charge in [-0.05, 0) is 37.8 Å². The molecule has 24 heavy (non-hydrogen) atoms. The smallest absolute Gasteiger partial charge is 0.211 e. The number of pyridine rings is 1. The van der Waals surface area contributed by atoms with E-state index in [4.69, 9.17) is 0 Å². The van der Waals surface area contributed by atoms with Crippen molar-refractivity contribution in [2.75, 3.05) is 32.4 Å². The van der Waals surface area contributed by atoms with Crippen LogP contribution in [0.3, 0.4) is 0 Å². The van der Waals surface area contributed by atoms with Gasteiger partial charge in [-0.25, -0.2) is 17.7 Å². The molecule has 0 bridgehead atoms. The Morgan fingerprint density at radius 3 is 2.67 bits per heavy atom. The second kappa shape index (κ2) is 8.98. The van der Waals surface area contributed by atoms with Gasteiger partial charge < -0.3 is 10.6 Å². The lowest BCUT2D eigenvalue weighted by Gasteiger charge is -2.30. The molecule has 0 saturated carbocycles. The maximum atomic E-state index is 11.5. The van der Waals surface area contributed by atoms with Crippen LogP contribution in [-0.4, -0.2) is 56.1 Å². The van der Waals surface area contributed by atoms with Crippen LogP contribution in [0, 0.1) is 5.92 Å². The number of guanidine groups is 1. The van der Waals surface area contributed by atoms with Gasteiger partial charge in [0.15, 0.2) is 5.96 Å². The summed E-state index contributed by atoms with van der Waals surface area (Å²) in [5, 5.41) is 6.59. The highest BCUT2D eigenvalue weighted by Crippen LogP contribution is 2.18. The van der Waals surface area contributed by atoms with Crippen LogP contribution in [0.1, 0.15) is 25.5 Å². The van der Waals surface area contributed by atoms with Gasteiger partial charge in [-0.2, -0.15) is 0 Å². The van der Waals surface area contributed by atoms with Crippen molar-refractivity contribution in [3.63, 3.8) is 0 Å². The third-order valence-electron chi connectivity index (χ3n) is 4.07. The summed E-state index contributed by atoms with van der Waals surface area (Å²) in [6, 6.07) is 5.79. The molecule has 7 nitrogen and oxygen atoms in total. The van der Waals surface area contributed by atoms with Crippen LogP contribution >= 0.6 is 0 Å². The lowest BCUT2D eigenvalue weighted by atomic mass is 9.98. The van der Waals surface area contributed by atoms with Crippen LogP contribution < -0.4 is 10.6 Å². The molecule has 2 rings (SSSR count). The van der Waals surface area contributed by atoms with Gasteiger partial charge in [0.25, 0.3) is 0 Å². The number of rotatable bonds is 6. The van der Waals surface area contributed by atoms with E-state index in [9.17, 15) is 8.42 Å². The number of sulfonamides is 1. The second-order valence-corrected chi connectivity index (χ2v) is 7.98. The highest BCUT2D eigenvalue weighted by molar-refractivity contribution is 7.88. The third-order valence-corrected chi connectivity index (χ3v) is 5.37. The Labute approximate surface area is 144 Å². The number of piperidine rings is 1. The van der Waals surface area contributed by atoms with E-state index in [-0.39, 0.29) is 0 Å². The Morgan fingerprint density at radius 2 is 2.08 bits per heavy atom. The molecule has 0 radical (unpaired) electrons. The highest BCUT2D eigenvalue weighted by atomic mass is 32.2. The standard InChI is InChI=1S/C16H27N5O2S/c1-3-17-16(20-13-15-6-4-5-9-18-15)19-12-14-7-10-21(11-8-14)24(2,22)23/h4-6,9,14H,3,7-8,10-13H2,1-2H3,(H2,17,19,20). The quantitative estimate of drug-likeness (QED) is 0.584. The van der Waals surface area contributed by atoms with Gasteiger partial charge in [-0.15, -0.1) is 0 Å². The summed E-state index contributed by atoms with van der Waals surface area (Å²) in [4.78, 5) is 8.82. The zero-order chi connectivity index (χ0) is 17.4. The van der Waals surface area contributed by atoms with Crippen molar-refractivity contribution >= 4 is 16.0 Å². The SMILES string of the molecule is CCNC(=NCc1ccccn1)NCC1CCN(S(C)(=O)=O)CC1. The molecule has 1 aromatic heterocycles. The van der Waals surface area contributed by atoms with E-state index in [1.165, 1.54) is 6.26 Å². The largest absolute Gasteiger partial charge is 0.357 e. The zero-order valence-electron chi connectivity index (χ0n) is 14.4. The molecule has 0 atom stereocenters. The van der Waals surface area contributed by atoms with Gasteiger partial charge in [0.1, 0.15) is 0 Å². The van der Waals surface area contributed by atoms with Crippen molar-refractivity contribution in [3.05, 3.63) is 30.1 Å². The molecule has 0 amide bonds. The first kappa shape index (κ1) is 18.7. The molecule has 1 aliphatic heterocycles. The number of nitrogens with one attached hydrogen (secondary N) is 2. The molecule has 1 aliphatic rings. The van der Waals surface area contributed by atoms with Gasteiger partial charge in [-0.1, -0.05) is 6.07 Å². The van der Waals surface area contributed by atoms with Gasteiger partial charge in [-0.3, -0.25) is 4.98 Å². The molecule has 8 heteroatoms. The number of hydrogen-bond acceptors (Lipinski definition) is 4. The molecule has 2 heterocycles. The van der Waals surface area contributed by atoms with E-state index in [1.54, 1.807) is 10.5 Å². The fourth-order valence-corrected chi connectivity index (χ4v) is 3.55. The average molecular weight is 353 g/mol. The summed E-state index contributed by atoms with van der Waals surface area (Å²) in [5.74, 6) is 1.23. The van der Waals surface area contributed by atoms with Crippen LogP contribution in [0.25, 0.3) is 0 Å². The fraction of sp³-hybridized carbons (Fsp3) is 0.625. The molecule has 2 N–H and O–H groups in total. The Kier molecular flexibility index (Phi) is 6.99. The van der Waals surface area contributed by atoms with E-state index < -0.39 is 10.0 Å². The lowest BCUT2D eigenvalue weighted by molar-refractivity contribution is 0.275. The summed E-state index contributed by atoms with van der Waals surface area (Å²) >= 11 is 0. The first-order valence-electron chi connectivity index (χ1n) is 8.36. The van der Waals surface area contributed by atoms with Crippen molar-refractivity contribution in [2.24, 2.45) is 10.9 Å². The van der Waals surface area contributed by atoms with Gasteiger partial charge in [0, 0.05) is 32.4 Å². The zero-order valence-corrected chi connectivity index (χ0v) is 15.2. The van der Waals surface area contributed by atoms with Crippen molar-refractivity contribution in [3.8, 4) is 0 Å². The first-order valence-corrected chi connectivity index (χ1v) is 10.2. The van der Waals surface area contributed by atoms with E-state index in [2.05, 4.69) is 20.6 Å². The van der Waals surface area contributed by atoms with Gasteiger partial charge in [0.05, 0.1) is 18.5 Å². The van der Waals surface area contributed by atoms with Crippen LogP contribution in [0.5, 0.6) is 0 Å². The summed E-state index contributed by atoms with van der Waals surface area (Å²) in [6.07, 6.45) is 4.79. The molecular formula is C16H27N5O2S. The number of aromatic nitrogens is 1. The Morgan fingerprint density at radius 1 is 1.33 bits per heavy atom. The molecule has 1 saturated heterocycles. The molecule has 1 fully saturated rings. The molecule has 0 spiro atoms. The Hall–Kier alpha value is -1.67. The minimum absolute atomic E-state index is 0.460. The third kappa shape index (κ3) is 6.09. The minimum Gasteiger partial charge on any atom is -0.357 e. The summed E-state index contributed by atoms with van der Waals surface area (Å²) in [7, 11) is -3.06. The minimum atomic E-state index is -3.06. The predicted octanol–water partition coefficient (Wildman–Crippen LogP) is 0.808. The molecule has 134 valence electrons. The molecular weight excluding hydrogens is 326 g/mol. The van der Waals surface area contributed by atoms with Crippen LogP contribution in [0.4, 0.5) is 0 Å². The summed E-state index contributed by atoms with van der Waals surface area (Å²) in [6.45, 7) is 5.36. The van der Waals surface area contributed by atoms with Crippen molar-refractivity contribution in [1.82, 2.24) is 19.9 Å². The van der Waals surface area contributed by atoms with Crippen molar-refractivity contribution in [1.29, 1.82) is 0 Å². The van der Waals surface area contributed by atoms with E-state index in [0.29, 0.717) is 25.6 Å². The monoisotopic (exact) mass is 353 g/mol. The molecule has 1 aromatic rings. The topological polar surface area (TPSA) is 86.7 Å². The van der Waals surface area contributed by atoms with Gasteiger partial charge >= 0.3 is 0 Å². The molecule has 0 aliphatic carbocycles. The molecule has 0 unspecified atom stereocenters. The predicted molar refractivity (Wildman–Crippen MR) is 96.2 cm³/mol. The van der Waals surface area contributed by atoms with E-state index in [1.807, 2.05) is 25.1 Å². The van der Waals surface area contributed by atoms with Crippen molar-refractivity contribution < 1.29 is 8.42 Å². The maximum absolute atomic E-state index is 11.5.